The van der Waals surface area contributed by atoms with E-state index in [4.69, 9.17) is 10.5 Å². The van der Waals surface area contributed by atoms with Crippen LogP contribution in [0.4, 0.5) is 11.4 Å². The number of ether oxygens (including phenoxy) is 1. The van der Waals surface area contributed by atoms with Crippen molar-refractivity contribution in [2.24, 2.45) is 0 Å². The smallest absolute Gasteiger partial charge is 0.323 e. The quantitative estimate of drug-likeness (QED) is 0.807. The Labute approximate surface area is 119 Å². The molecule has 2 atom stereocenters. The van der Waals surface area contributed by atoms with Gasteiger partial charge in [-0.05, 0) is 37.8 Å². The van der Waals surface area contributed by atoms with Crippen LogP contribution in [0.1, 0.15) is 25.7 Å². The van der Waals surface area contributed by atoms with Crippen molar-refractivity contribution in [3.05, 3.63) is 24.3 Å². The Kier molecular flexibility index (Phi) is 4.84. The van der Waals surface area contributed by atoms with E-state index in [9.17, 15) is 9.90 Å². The SMILES string of the molecule is COC1CCCC(N(CC(=O)O)c2ccccc2N)C1. The lowest BCUT2D eigenvalue weighted by Gasteiger charge is -2.38. The molecule has 0 spiro atoms. The lowest BCUT2D eigenvalue weighted by atomic mass is 9.91. The van der Waals surface area contributed by atoms with Crippen LogP contribution in [-0.2, 0) is 9.53 Å². The lowest BCUT2D eigenvalue weighted by molar-refractivity contribution is -0.135. The summed E-state index contributed by atoms with van der Waals surface area (Å²) in [5, 5.41) is 9.18. The second kappa shape index (κ2) is 6.61. The molecule has 110 valence electrons. The van der Waals surface area contributed by atoms with Crippen molar-refractivity contribution < 1.29 is 14.6 Å². The van der Waals surface area contributed by atoms with E-state index in [2.05, 4.69) is 0 Å². The number of hydrogen-bond acceptors (Lipinski definition) is 4. The van der Waals surface area contributed by atoms with Gasteiger partial charge in [-0.1, -0.05) is 12.1 Å². The number of para-hydroxylation sites is 2. The first kappa shape index (κ1) is 14.7. The third-order valence-electron chi connectivity index (χ3n) is 3.92. The normalized spacial score (nSPS) is 22.4. The van der Waals surface area contributed by atoms with E-state index in [1.54, 1.807) is 13.2 Å². The summed E-state index contributed by atoms with van der Waals surface area (Å²) in [6.07, 6.45) is 4.11. The molecule has 20 heavy (non-hydrogen) atoms. The highest BCUT2D eigenvalue weighted by molar-refractivity contribution is 5.77. The van der Waals surface area contributed by atoms with Crippen LogP contribution in [-0.4, -0.2) is 36.9 Å². The molecular weight excluding hydrogens is 256 g/mol. The molecule has 5 heteroatoms. The summed E-state index contributed by atoms with van der Waals surface area (Å²) in [7, 11) is 1.71. The molecular formula is C15H22N2O3. The number of aliphatic carboxylic acids is 1. The summed E-state index contributed by atoms with van der Waals surface area (Å²) in [5.41, 5.74) is 7.43. The second-order valence-corrected chi connectivity index (χ2v) is 5.26. The molecule has 0 heterocycles. The molecule has 1 saturated carbocycles. The third-order valence-corrected chi connectivity index (χ3v) is 3.92. The predicted octanol–water partition coefficient (Wildman–Crippen LogP) is 2.12. The molecule has 3 N–H and O–H groups in total. The maximum Gasteiger partial charge on any atom is 0.323 e. The monoisotopic (exact) mass is 278 g/mol. The highest BCUT2D eigenvalue weighted by Gasteiger charge is 2.28. The third kappa shape index (κ3) is 3.42. The fourth-order valence-electron chi connectivity index (χ4n) is 2.92. The minimum atomic E-state index is -0.840. The van der Waals surface area contributed by atoms with Crippen molar-refractivity contribution in [2.75, 3.05) is 24.3 Å². The van der Waals surface area contributed by atoms with E-state index < -0.39 is 5.97 Å². The van der Waals surface area contributed by atoms with Gasteiger partial charge in [0.05, 0.1) is 17.5 Å². The molecule has 0 saturated heterocycles. The molecule has 1 aromatic rings. The molecule has 0 aliphatic heterocycles. The van der Waals surface area contributed by atoms with Crippen LogP contribution in [0.5, 0.6) is 0 Å². The van der Waals surface area contributed by atoms with Crippen LogP contribution in [0, 0.1) is 0 Å². The number of carboxylic acid groups (broad SMARTS) is 1. The van der Waals surface area contributed by atoms with Crippen LogP contribution in [0.2, 0.25) is 0 Å². The Morgan fingerprint density at radius 3 is 2.85 bits per heavy atom. The zero-order chi connectivity index (χ0) is 14.5. The van der Waals surface area contributed by atoms with Gasteiger partial charge in [0.15, 0.2) is 0 Å². The number of benzene rings is 1. The standard InChI is InChI=1S/C15H22N2O3/c1-20-12-6-4-5-11(9-12)17(10-15(18)19)14-8-3-2-7-13(14)16/h2-3,7-8,11-12H,4-6,9-10,16H2,1H3,(H,18,19). The fraction of sp³-hybridized carbons (Fsp3) is 0.533. The van der Waals surface area contributed by atoms with Gasteiger partial charge < -0.3 is 20.5 Å². The van der Waals surface area contributed by atoms with Crippen molar-refractivity contribution in [1.29, 1.82) is 0 Å². The average Bonchev–Trinajstić information content (AvgIpc) is 2.45. The largest absolute Gasteiger partial charge is 0.480 e. The first-order valence-corrected chi connectivity index (χ1v) is 6.97. The summed E-state index contributed by atoms with van der Waals surface area (Å²) >= 11 is 0. The number of nitrogen functional groups attached to an aromatic ring is 1. The van der Waals surface area contributed by atoms with Gasteiger partial charge in [0.25, 0.3) is 0 Å². The van der Waals surface area contributed by atoms with Gasteiger partial charge in [-0.25, -0.2) is 0 Å². The van der Waals surface area contributed by atoms with Crippen LogP contribution in [0.15, 0.2) is 24.3 Å². The first-order valence-electron chi connectivity index (χ1n) is 6.97. The average molecular weight is 278 g/mol. The predicted molar refractivity (Wildman–Crippen MR) is 78.9 cm³/mol. The number of methoxy groups -OCH3 is 1. The van der Waals surface area contributed by atoms with Crippen LogP contribution in [0.3, 0.4) is 0 Å². The topological polar surface area (TPSA) is 75.8 Å². The van der Waals surface area contributed by atoms with E-state index in [1.807, 2.05) is 23.1 Å². The number of carboxylic acids is 1. The summed E-state index contributed by atoms with van der Waals surface area (Å²) in [6.45, 7) is -0.0324. The van der Waals surface area contributed by atoms with Crippen molar-refractivity contribution in [1.82, 2.24) is 0 Å². The number of rotatable bonds is 5. The molecule has 0 amide bonds. The van der Waals surface area contributed by atoms with Gasteiger partial charge in [-0.3, -0.25) is 4.79 Å². The zero-order valence-corrected chi connectivity index (χ0v) is 11.8. The minimum absolute atomic E-state index is 0.0324. The molecule has 1 fully saturated rings. The van der Waals surface area contributed by atoms with E-state index in [0.717, 1.165) is 31.4 Å². The number of carbonyl (C=O) groups is 1. The summed E-state index contributed by atoms with van der Waals surface area (Å²) < 4.78 is 5.44. The highest BCUT2D eigenvalue weighted by Crippen LogP contribution is 2.31. The molecule has 0 bridgehead atoms. The van der Waals surface area contributed by atoms with Gasteiger partial charge in [-0.2, -0.15) is 0 Å². The van der Waals surface area contributed by atoms with Crippen LogP contribution >= 0.6 is 0 Å². The highest BCUT2D eigenvalue weighted by atomic mass is 16.5. The maximum absolute atomic E-state index is 11.2. The maximum atomic E-state index is 11.2. The van der Waals surface area contributed by atoms with Crippen LogP contribution < -0.4 is 10.6 Å². The summed E-state index contributed by atoms with van der Waals surface area (Å²) in [6, 6.07) is 7.60. The Morgan fingerprint density at radius 2 is 2.20 bits per heavy atom. The van der Waals surface area contributed by atoms with E-state index in [-0.39, 0.29) is 18.7 Å². The number of nitrogens with zero attached hydrogens (tertiary/aromatic N) is 1. The minimum Gasteiger partial charge on any atom is -0.480 e. The van der Waals surface area contributed by atoms with Gasteiger partial charge >= 0.3 is 5.97 Å². The van der Waals surface area contributed by atoms with Crippen LogP contribution in [0.25, 0.3) is 0 Å². The zero-order valence-electron chi connectivity index (χ0n) is 11.8. The molecule has 2 unspecified atom stereocenters. The Balaban J connectivity index is 2.23. The lowest BCUT2D eigenvalue weighted by Crippen LogP contribution is -2.43. The molecule has 1 aliphatic carbocycles. The molecule has 5 nitrogen and oxygen atoms in total. The van der Waals surface area contributed by atoms with Crippen molar-refractivity contribution >= 4 is 17.3 Å². The summed E-state index contributed by atoms with van der Waals surface area (Å²) in [4.78, 5) is 13.1. The van der Waals surface area contributed by atoms with Crippen molar-refractivity contribution in [3.8, 4) is 0 Å². The summed E-state index contributed by atoms with van der Waals surface area (Å²) in [5.74, 6) is -0.840. The number of anilines is 2. The molecule has 1 aromatic carbocycles. The number of nitrogens with two attached hydrogens (primary N) is 1. The van der Waals surface area contributed by atoms with E-state index >= 15 is 0 Å². The van der Waals surface area contributed by atoms with Crippen molar-refractivity contribution in [2.45, 2.75) is 37.8 Å². The Hall–Kier alpha value is -1.75. The van der Waals surface area contributed by atoms with Gasteiger partial charge in [0.1, 0.15) is 6.54 Å². The first-order chi connectivity index (χ1) is 9.61. The molecule has 0 aromatic heterocycles. The van der Waals surface area contributed by atoms with Gasteiger partial charge in [0.2, 0.25) is 0 Å². The van der Waals surface area contributed by atoms with Crippen molar-refractivity contribution in [3.63, 3.8) is 0 Å². The fourth-order valence-corrected chi connectivity index (χ4v) is 2.92. The molecule has 2 rings (SSSR count). The second-order valence-electron chi connectivity index (χ2n) is 5.26. The number of hydrogen-bond donors (Lipinski definition) is 2. The van der Waals surface area contributed by atoms with Gasteiger partial charge in [0, 0.05) is 13.2 Å². The Morgan fingerprint density at radius 1 is 1.45 bits per heavy atom. The molecule has 0 radical (unpaired) electrons. The van der Waals surface area contributed by atoms with Gasteiger partial charge in [-0.15, -0.1) is 0 Å². The molecule has 1 aliphatic rings. The Bertz CT molecular complexity index is 464. The van der Waals surface area contributed by atoms with E-state index in [1.165, 1.54) is 0 Å². The van der Waals surface area contributed by atoms with E-state index in [0.29, 0.717) is 5.69 Å².